The summed E-state index contributed by atoms with van der Waals surface area (Å²) in [6.07, 6.45) is 1.75. The number of hydrogen-bond acceptors (Lipinski definition) is 7. The number of hydrogen-bond donors (Lipinski definition) is 0. The molecule has 0 saturated heterocycles. The van der Waals surface area contributed by atoms with E-state index in [4.69, 9.17) is 30.8 Å². The number of thiazole rings is 1. The Morgan fingerprint density at radius 1 is 1.05 bits per heavy atom. The highest BCUT2D eigenvalue weighted by Gasteiger charge is 2.35. The van der Waals surface area contributed by atoms with Crippen LogP contribution in [-0.2, 0) is 9.53 Å². The Labute approximate surface area is 233 Å². The zero-order valence-electron chi connectivity index (χ0n) is 21.5. The van der Waals surface area contributed by atoms with E-state index in [0.717, 1.165) is 5.56 Å². The summed E-state index contributed by atoms with van der Waals surface area (Å²) in [6.45, 7) is 1.92. The second kappa shape index (κ2) is 11.3. The summed E-state index contributed by atoms with van der Waals surface area (Å²) in [7, 11) is 3.15. The highest BCUT2D eigenvalue weighted by molar-refractivity contribution is 7.07. The molecule has 1 aromatic heterocycles. The fourth-order valence-corrected chi connectivity index (χ4v) is 5.61. The maximum absolute atomic E-state index is 14.0. The molecule has 0 saturated carbocycles. The molecule has 1 aliphatic heterocycles. The van der Waals surface area contributed by atoms with Gasteiger partial charge in [-0.15, -0.1) is 0 Å². The molecule has 0 aliphatic carbocycles. The topological polar surface area (TPSA) is 79.1 Å². The van der Waals surface area contributed by atoms with Gasteiger partial charge in [-0.1, -0.05) is 65.4 Å². The van der Waals surface area contributed by atoms with Gasteiger partial charge in [0.2, 0.25) is 0 Å². The number of nitrogens with zero attached hydrogens (tertiary/aromatic N) is 2. The standard InChI is InChI=1S/C30H25ClN2O5S/c1-4-38-29(35)25-26(18-8-6-5-7-9-18)32-30-33(27(25)19-10-12-21(31)13-11-19)28(34)24(39-30)17-20-16-22(36-2)14-15-23(20)37-3/h5-17,27H,4H2,1-3H3/b24-17+. The quantitative estimate of drug-likeness (QED) is 0.309. The number of carbonyl (C=O) groups excluding carboxylic acids is 1. The number of halogens is 1. The van der Waals surface area contributed by atoms with Crippen molar-refractivity contribution in [3.05, 3.63) is 120 Å². The van der Waals surface area contributed by atoms with E-state index in [9.17, 15) is 9.59 Å². The van der Waals surface area contributed by atoms with Gasteiger partial charge in [-0.25, -0.2) is 9.79 Å². The molecule has 5 rings (SSSR count). The lowest BCUT2D eigenvalue weighted by atomic mass is 9.93. The van der Waals surface area contributed by atoms with E-state index in [2.05, 4.69) is 0 Å². The Kier molecular flexibility index (Phi) is 7.67. The Morgan fingerprint density at radius 2 is 1.79 bits per heavy atom. The lowest BCUT2D eigenvalue weighted by Gasteiger charge is -2.25. The molecule has 0 N–H and O–H groups in total. The molecule has 0 radical (unpaired) electrons. The predicted octanol–water partition coefficient (Wildman–Crippen LogP) is 4.61. The summed E-state index contributed by atoms with van der Waals surface area (Å²) in [5.74, 6) is 0.682. The molecule has 0 fully saturated rings. The van der Waals surface area contributed by atoms with Crippen molar-refractivity contribution in [2.45, 2.75) is 13.0 Å². The molecular formula is C30H25ClN2O5S. The van der Waals surface area contributed by atoms with Crippen molar-refractivity contribution in [3.63, 3.8) is 0 Å². The highest BCUT2D eigenvalue weighted by atomic mass is 35.5. The number of aromatic nitrogens is 1. The molecule has 0 spiro atoms. The van der Waals surface area contributed by atoms with Gasteiger partial charge < -0.3 is 14.2 Å². The van der Waals surface area contributed by atoms with Crippen LogP contribution in [0.15, 0.2) is 88.2 Å². The zero-order valence-corrected chi connectivity index (χ0v) is 23.1. The molecule has 1 unspecified atom stereocenters. The number of ether oxygens (including phenoxy) is 3. The number of esters is 1. The second-order valence-electron chi connectivity index (χ2n) is 8.59. The van der Waals surface area contributed by atoms with Crippen molar-refractivity contribution in [1.29, 1.82) is 0 Å². The Morgan fingerprint density at radius 3 is 2.46 bits per heavy atom. The minimum absolute atomic E-state index is 0.178. The van der Waals surface area contributed by atoms with Crippen LogP contribution in [0.4, 0.5) is 0 Å². The molecule has 39 heavy (non-hydrogen) atoms. The summed E-state index contributed by atoms with van der Waals surface area (Å²) < 4.78 is 18.3. The Bertz CT molecular complexity index is 1740. The first-order chi connectivity index (χ1) is 18.9. The van der Waals surface area contributed by atoms with Crippen LogP contribution in [0.5, 0.6) is 11.5 Å². The summed E-state index contributed by atoms with van der Waals surface area (Å²) in [6, 6.07) is 21.1. The van der Waals surface area contributed by atoms with Gasteiger partial charge in [0, 0.05) is 16.1 Å². The second-order valence-corrected chi connectivity index (χ2v) is 10.0. The van der Waals surface area contributed by atoms with Gasteiger partial charge in [-0.2, -0.15) is 0 Å². The molecule has 4 aromatic rings. The zero-order chi connectivity index (χ0) is 27.5. The molecule has 1 atom stereocenters. The lowest BCUT2D eigenvalue weighted by molar-refractivity contribution is -0.138. The van der Waals surface area contributed by atoms with Crippen LogP contribution in [0.2, 0.25) is 5.02 Å². The Hall–Kier alpha value is -4.14. The number of benzene rings is 3. The summed E-state index contributed by atoms with van der Waals surface area (Å²) in [5.41, 5.74) is 2.57. The lowest BCUT2D eigenvalue weighted by Crippen LogP contribution is -2.40. The predicted molar refractivity (Wildman–Crippen MR) is 152 cm³/mol. The molecule has 2 heterocycles. The van der Waals surface area contributed by atoms with Gasteiger partial charge in [-0.3, -0.25) is 9.36 Å². The van der Waals surface area contributed by atoms with Crippen LogP contribution in [0, 0.1) is 0 Å². The minimum Gasteiger partial charge on any atom is -0.497 e. The van der Waals surface area contributed by atoms with Gasteiger partial charge in [0.1, 0.15) is 11.5 Å². The van der Waals surface area contributed by atoms with Crippen molar-refractivity contribution in [3.8, 4) is 11.5 Å². The number of carbonyl (C=O) groups is 1. The third-order valence-corrected chi connectivity index (χ3v) is 7.52. The number of rotatable bonds is 7. The van der Waals surface area contributed by atoms with Crippen LogP contribution in [0.1, 0.15) is 29.7 Å². The van der Waals surface area contributed by atoms with Crippen molar-refractivity contribution < 1.29 is 19.0 Å². The van der Waals surface area contributed by atoms with Gasteiger partial charge in [-0.05, 0) is 48.9 Å². The fraction of sp³-hybridized carbons (Fsp3) is 0.167. The van der Waals surface area contributed by atoms with Crippen molar-refractivity contribution in [2.75, 3.05) is 20.8 Å². The van der Waals surface area contributed by atoms with E-state index in [1.807, 2.05) is 42.5 Å². The number of fused-ring (bicyclic) bond motifs is 1. The van der Waals surface area contributed by atoms with Crippen LogP contribution in [-0.4, -0.2) is 31.4 Å². The van der Waals surface area contributed by atoms with Gasteiger partial charge in [0.05, 0.1) is 42.7 Å². The average Bonchev–Trinajstić information content (AvgIpc) is 3.27. The fourth-order valence-electron chi connectivity index (χ4n) is 4.49. The van der Waals surface area contributed by atoms with Crippen LogP contribution < -0.4 is 24.4 Å². The van der Waals surface area contributed by atoms with Gasteiger partial charge in [0.25, 0.3) is 5.56 Å². The molecular weight excluding hydrogens is 536 g/mol. The molecule has 198 valence electrons. The first-order valence-electron chi connectivity index (χ1n) is 12.2. The van der Waals surface area contributed by atoms with E-state index in [-0.39, 0.29) is 17.7 Å². The van der Waals surface area contributed by atoms with Crippen molar-refractivity contribution in [1.82, 2.24) is 4.57 Å². The molecule has 9 heteroatoms. The molecule has 1 aliphatic rings. The van der Waals surface area contributed by atoms with Crippen molar-refractivity contribution >= 4 is 40.7 Å². The molecule has 3 aromatic carbocycles. The summed E-state index contributed by atoms with van der Waals surface area (Å²) in [4.78, 5) is 32.8. The number of methoxy groups -OCH3 is 2. The summed E-state index contributed by atoms with van der Waals surface area (Å²) in [5, 5.41) is 0.543. The van der Waals surface area contributed by atoms with E-state index in [1.54, 1.807) is 62.1 Å². The van der Waals surface area contributed by atoms with Gasteiger partial charge in [0.15, 0.2) is 4.80 Å². The van der Waals surface area contributed by atoms with Crippen molar-refractivity contribution in [2.24, 2.45) is 4.99 Å². The average molecular weight is 561 g/mol. The largest absolute Gasteiger partial charge is 0.497 e. The molecule has 0 bridgehead atoms. The first kappa shape index (κ1) is 26.5. The minimum atomic E-state index is -0.776. The molecule has 7 nitrogen and oxygen atoms in total. The normalized spacial score (nSPS) is 15.0. The van der Waals surface area contributed by atoms with E-state index >= 15 is 0 Å². The SMILES string of the molecule is CCOC(=O)C1=C(c2ccccc2)N=c2s/c(=C/c3cc(OC)ccc3OC)c(=O)n2C1c1ccc(Cl)cc1. The Balaban J connectivity index is 1.83. The van der Waals surface area contributed by atoms with E-state index < -0.39 is 12.0 Å². The van der Waals surface area contributed by atoms with E-state index in [0.29, 0.717) is 42.7 Å². The van der Waals surface area contributed by atoms with Crippen LogP contribution in [0.3, 0.4) is 0 Å². The maximum atomic E-state index is 14.0. The van der Waals surface area contributed by atoms with Crippen LogP contribution in [0.25, 0.3) is 11.8 Å². The third kappa shape index (κ3) is 5.13. The molecule has 0 amide bonds. The third-order valence-electron chi connectivity index (χ3n) is 6.28. The van der Waals surface area contributed by atoms with E-state index in [1.165, 1.54) is 11.3 Å². The van der Waals surface area contributed by atoms with Crippen LogP contribution >= 0.6 is 22.9 Å². The monoisotopic (exact) mass is 560 g/mol. The smallest absolute Gasteiger partial charge is 0.338 e. The van der Waals surface area contributed by atoms with Gasteiger partial charge >= 0.3 is 5.97 Å². The first-order valence-corrected chi connectivity index (χ1v) is 13.4. The summed E-state index contributed by atoms with van der Waals surface area (Å²) >= 11 is 7.42. The highest BCUT2D eigenvalue weighted by Crippen LogP contribution is 2.35. The maximum Gasteiger partial charge on any atom is 0.338 e.